The van der Waals surface area contributed by atoms with Gasteiger partial charge in [-0.2, -0.15) is 0 Å². The summed E-state index contributed by atoms with van der Waals surface area (Å²) in [7, 11) is 1.00. The standard InChI is InChI=1S/C24H22O4.CH4O/c1-16(2)22-14-21(28-24(22)26)15-27-23(25)20-12-10-19(11-13-20)9-8-18-6-4-17(3)5-7-18;1-2/h4-7,10-13,21H,14-15H2,1-3H3;2H,1H3. The lowest BCUT2D eigenvalue weighted by Gasteiger charge is -2.09. The number of carbonyl (C=O) groups is 2. The van der Waals surface area contributed by atoms with Crippen molar-refractivity contribution in [2.75, 3.05) is 13.7 Å². The highest BCUT2D eigenvalue weighted by Crippen LogP contribution is 2.23. The lowest BCUT2D eigenvalue weighted by atomic mass is 10.1. The third kappa shape index (κ3) is 6.33. The van der Waals surface area contributed by atoms with Gasteiger partial charge in [0.25, 0.3) is 0 Å². The second-order valence-electron chi connectivity index (χ2n) is 7.00. The van der Waals surface area contributed by atoms with Crippen LogP contribution in [0.3, 0.4) is 0 Å². The molecule has 1 fully saturated rings. The van der Waals surface area contributed by atoms with Crippen LogP contribution < -0.4 is 0 Å². The number of allylic oxidation sites excluding steroid dienone is 1. The molecule has 0 aliphatic carbocycles. The number of aliphatic hydroxyl groups excluding tert-OH is 1. The van der Waals surface area contributed by atoms with Gasteiger partial charge in [0.1, 0.15) is 12.7 Å². The van der Waals surface area contributed by atoms with E-state index in [1.807, 2.05) is 45.0 Å². The van der Waals surface area contributed by atoms with Crippen molar-refractivity contribution >= 4 is 11.9 Å². The van der Waals surface area contributed by atoms with Crippen LogP contribution in [0.1, 0.15) is 47.3 Å². The molecule has 156 valence electrons. The second kappa shape index (κ2) is 11.0. The Bertz CT molecular complexity index is 969. The average Bonchev–Trinajstić information content (AvgIpc) is 3.14. The van der Waals surface area contributed by atoms with Crippen LogP contribution in [-0.2, 0) is 14.3 Å². The lowest BCUT2D eigenvalue weighted by Crippen LogP contribution is -2.18. The van der Waals surface area contributed by atoms with E-state index in [0.29, 0.717) is 17.6 Å². The minimum Gasteiger partial charge on any atom is -0.458 e. The topological polar surface area (TPSA) is 72.8 Å². The minimum atomic E-state index is -0.445. The third-order valence-electron chi connectivity index (χ3n) is 4.48. The predicted octanol–water partition coefficient (Wildman–Crippen LogP) is 3.81. The molecular formula is C25H26O5. The summed E-state index contributed by atoms with van der Waals surface area (Å²) >= 11 is 0. The smallest absolute Gasteiger partial charge is 0.338 e. The zero-order chi connectivity index (χ0) is 22.1. The molecule has 0 amide bonds. The molecule has 30 heavy (non-hydrogen) atoms. The van der Waals surface area contributed by atoms with Gasteiger partial charge in [0, 0.05) is 30.2 Å². The largest absolute Gasteiger partial charge is 0.458 e. The van der Waals surface area contributed by atoms with Crippen molar-refractivity contribution < 1.29 is 24.2 Å². The fourth-order valence-corrected chi connectivity index (χ4v) is 2.80. The molecule has 1 N–H and O–H groups in total. The van der Waals surface area contributed by atoms with Gasteiger partial charge in [-0.15, -0.1) is 0 Å². The van der Waals surface area contributed by atoms with Crippen molar-refractivity contribution in [3.63, 3.8) is 0 Å². The molecule has 1 atom stereocenters. The van der Waals surface area contributed by atoms with Gasteiger partial charge >= 0.3 is 11.9 Å². The molecule has 0 aromatic heterocycles. The van der Waals surface area contributed by atoms with Crippen molar-refractivity contribution in [3.8, 4) is 11.8 Å². The molecule has 2 aromatic rings. The monoisotopic (exact) mass is 406 g/mol. The summed E-state index contributed by atoms with van der Waals surface area (Å²) in [4.78, 5) is 23.9. The number of carbonyl (C=O) groups excluding carboxylic acids is 2. The van der Waals surface area contributed by atoms with Crippen LogP contribution in [-0.4, -0.2) is 36.9 Å². The summed E-state index contributed by atoms with van der Waals surface area (Å²) in [6.45, 7) is 5.82. The summed E-state index contributed by atoms with van der Waals surface area (Å²) in [5.74, 6) is 5.41. The van der Waals surface area contributed by atoms with E-state index in [9.17, 15) is 9.59 Å². The summed E-state index contributed by atoms with van der Waals surface area (Å²) in [6, 6.07) is 14.9. The maximum atomic E-state index is 12.2. The lowest BCUT2D eigenvalue weighted by molar-refractivity contribution is -0.140. The van der Waals surface area contributed by atoms with Gasteiger partial charge in [-0.1, -0.05) is 35.1 Å². The van der Waals surface area contributed by atoms with E-state index in [0.717, 1.165) is 23.8 Å². The van der Waals surface area contributed by atoms with Crippen LogP contribution in [0.4, 0.5) is 0 Å². The summed E-state index contributed by atoms with van der Waals surface area (Å²) in [6.07, 6.45) is 0.0584. The number of esters is 2. The number of rotatable bonds is 3. The molecule has 1 unspecified atom stereocenters. The highest BCUT2D eigenvalue weighted by Gasteiger charge is 2.30. The molecule has 5 heteroatoms. The highest BCUT2D eigenvalue weighted by molar-refractivity contribution is 5.92. The number of benzene rings is 2. The van der Waals surface area contributed by atoms with E-state index >= 15 is 0 Å². The van der Waals surface area contributed by atoms with E-state index in [4.69, 9.17) is 14.6 Å². The fraction of sp³-hybridized carbons (Fsp3) is 0.280. The van der Waals surface area contributed by atoms with E-state index in [1.54, 1.807) is 24.3 Å². The van der Waals surface area contributed by atoms with Crippen LogP contribution in [0.25, 0.3) is 0 Å². The first-order chi connectivity index (χ1) is 14.4. The predicted molar refractivity (Wildman–Crippen MR) is 115 cm³/mol. The van der Waals surface area contributed by atoms with E-state index in [-0.39, 0.29) is 12.6 Å². The normalized spacial score (nSPS) is 14.6. The Morgan fingerprint density at radius 2 is 1.57 bits per heavy atom. The molecule has 0 spiro atoms. The van der Waals surface area contributed by atoms with Crippen LogP contribution in [0, 0.1) is 18.8 Å². The molecule has 2 aromatic carbocycles. The Morgan fingerprint density at radius 3 is 2.07 bits per heavy atom. The SMILES string of the molecule is CC(C)=C1CC(COC(=O)c2ccc(C#Cc3ccc(C)cc3)cc2)OC1=O.CO. The van der Waals surface area contributed by atoms with Crippen LogP contribution in [0.15, 0.2) is 59.7 Å². The van der Waals surface area contributed by atoms with Gasteiger partial charge in [-0.05, 0) is 57.2 Å². The van der Waals surface area contributed by atoms with Crippen molar-refractivity contribution in [2.24, 2.45) is 0 Å². The number of ether oxygens (including phenoxy) is 2. The Labute approximate surface area is 177 Å². The zero-order valence-electron chi connectivity index (χ0n) is 17.7. The molecule has 0 radical (unpaired) electrons. The summed E-state index contributed by atoms with van der Waals surface area (Å²) in [5.41, 5.74) is 4.98. The maximum Gasteiger partial charge on any atom is 0.338 e. The van der Waals surface area contributed by atoms with Crippen molar-refractivity contribution in [3.05, 3.63) is 81.9 Å². The first kappa shape index (κ1) is 22.9. The quantitative estimate of drug-likeness (QED) is 0.477. The fourth-order valence-electron chi connectivity index (χ4n) is 2.80. The Balaban J connectivity index is 0.00000155. The third-order valence-corrected chi connectivity index (χ3v) is 4.48. The molecule has 1 saturated heterocycles. The zero-order valence-corrected chi connectivity index (χ0v) is 17.7. The van der Waals surface area contributed by atoms with Crippen molar-refractivity contribution in [1.29, 1.82) is 0 Å². The molecule has 1 heterocycles. The molecule has 0 bridgehead atoms. The summed E-state index contributed by atoms with van der Waals surface area (Å²) < 4.78 is 10.5. The van der Waals surface area contributed by atoms with Gasteiger partial charge in [-0.25, -0.2) is 9.59 Å². The first-order valence-electron chi connectivity index (χ1n) is 9.60. The Kier molecular flexibility index (Phi) is 8.40. The van der Waals surface area contributed by atoms with Gasteiger partial charge in [-0.3, -0.25) is 0 Å². The number of cyclic esters (lactones) is 1. The first-order valence-corrected chi connectivity index (χ1v) is 9.60. The van der Waals surface area contributed by atoms with Crippen LogP contribution in [0.2, 0.25) is 0 Å². The van der Waals surface area contributed by atoms with E-state index < -0.39 is 12.1 Å². The summed E-state index contributed by atoms with van der Waals surface area (Å²) in [5, 5.41) is 7.00. The average molecular weight is 406 g/mol. The van der Waals surface area contributed by atoms with Gasteiger partial charge in [0.15, 0.2) is 0 Å². The Hall–Kier alpha value is -3.36. The molecule has 3 rings (SSSR count). The number of hydrogen-bond donors (Lipinski definition) is 1. The minimum absolute atomic E-state index is 0.0519. The van der Waals surface area contributed by atoms with Crippen molar-refractivity contribution in [1.82, 2.24) is 0 Å². The molecule has 5 nitrogen and oxygen atoms in total. The molecule has 0 saturated carbocycles. The molecular weight excluding hydrogens is 380 g/mol. The number of hydrogen-bond acceptors (Lipinski definition) is 5. The number of aliphatic hydroxyl groups is 1. The van der Waals surface area contributed by atoms with Crippen molar-refractivity contribution in [2.45, 2.75) is 33.3 Å². The van der Waals surface area contributed by atoms with E-state index in [2.05, 4.69) is 11.8 Å². The van der Waals surface area contributed by atoms with E-state index in [1.165, 1.54) is 5.56 Å². The highest BCUT2D eigenvalue weighted by atomic mass is 16.6. The van der Waals surface area contributed by atoms with Gasteiger partial charge in [0.2, 0.25) is 0 Å². The molecule has 1 aliphatic heterocycles. The Morgan fingerprint density at radius 1 is 1.03 bits per heavy atom. The number of aryl methyl sites for hydroxylation is 1. The second-order valence-corrected chi connectivity index (χ2v) is 7.00. The van der Waals surface area contributed by atoms with Crippen LogP contribution >= 0.6 is 0 Å². The van der Waals surface area contributed by atoms with Gasteiger partial charge < -0.3 is 14.6 Å². The van der Waals surface area contributed by atoms with Gasteiger partial charge in [0.05, 0.1) is 5.56 Å². The maximum absolute atomic E-state index is 12.2. The van der Waals surface area contributed by atoms with Crippen LogP contribution in [0.5, 0.6) is 0 Å². The molecule has 1 aliphatic rings.